The Hall–Kier alpha value is -2.53. The summed E-state index contributed by atoms with van der Waals surface area (Å²) < 4.78 is 5.24. The van der Waals surface area contributed by atoms with Crippen molar-refractivity contribution in [2.45, 2.75) is 13.8 Å². The number of benzene rings is 2. The summed E-state index contributed by atoms with van der Waals surface area (Å²) in [5.41, 5.74) is 1.07. The number of carbonyl (C=O) groups is 1. The number of esters is 1. The smallest absolute Gasteiger partial charge is 0.342 e. The predicted molar refractivity (Wildman–Crippen MR) is 93.3 cm³/mol. The lowest BCUT2D eigenvalue weighted by molar-refractivity contribution is 0.0463. The number of hydrogen-bond acceptors (Lipinski definition) is 5. The maximum absolute atomic E-state index is 12.2. The summed E-state index contributed by atoms with van der Waals surface area (Å²) >= 11 is 0. The van der Waals surface area contributed by atoms with Gasteiger partial charge in [-0.2, -0.15) is 0 Å². The van der Waals surface area contributed by atoms with E-state index in [0.717, 1.165) is 13.1 Å². The maximum Gasteiger partial charge on any atom is 0.342 e. The number of phenolic OH excluding ortho intramolecular Hbond substituents is 2. The first-order valence-electron chi connectivity index (χ1n) is 8.07. The lowest BCUT2D eigenvalue weighted by Crippen LogP contribution is -2.27. The fourth-order valence-corrected chi connectivity index (χ4v) is 2.50. The van der Waals surface area contributed by atoms with Gasteiger partial charge in [0.2, 0.25) is 0 Å². The average Bonchev–Trinajstić information content (AvgIpc) is 2.61. The largest absolute Gasteiger partial charge is 0.508 e. The molecule has 0 fully saturated rings. The monoisotopic (exact) mass is 329 g/mol. The van der Waals surface area contributed by atoms with Gasteiger partial charge in [-0.25, -0.2) is 4.79 Å². The van der Waals surface area contributed by atoms with Gasteiger partial charge in [0.1, 0.15) is 23.7 Å². The van der Waals surface area contributed by atoms with Crippen LogP contribution in [0.15, 0.2) is 42.5 Å². The highest BCUT2D eigenvalue weighted by Crippen LogP contribution is 2.36. The summed E-state index contributed by atoms with van der Waals surface area (Å²) in [4.78, 5) is 14.4. The van der Waals surface area contributed by atoms with E-state index in [2.05, 4.69) is 4.90 Å². The summed E-state index contributed by atoms with van der Waals surface area (Å²) in [6.45, 7) is 6.70. The zero-order valence-corrected chi connectivity index (χ0v) is 14.0. The highest BCUT2D eigenvalue weighted by atomic mass is 16.5. The van der Waals surface area contributed by atoms with E-state index in [1.807, 2.05) is 32.0 Å². The SMILES string of the molecule is CCN(CC)CCOC(=O)c1cc(O)cc(-c2ccccc2)c1O. The summed E-state index contributed by atoms with van der Waals surface area (Å²) in [5, 5.41) is 20.3. The van der Waals surface area contributed by atoms with Gasteiger partial charge in [-0.15, -0.1) is 0 Å². The van der Waals surface area contributed by atoms with Gasteiger partial charge in [-0.1, -0.05) is 44.2 Å². The number of ether oxygens (including phenoxy) is 1. The van der Waals surface area contributed by atoms with E-state index in [1.165, 1.54) is 12.1 Å². The predicted octanol–water partition coefficient (Wildman–Crippen LogP) is 3.26. The Labute approximate surface area is 142 Å². The zero-order chi connectivity index (χ0) is 17.5. The summed E-state index contributed by atoms with van der Waals surface area (Å²) in [6.07, 6.45) is 0. The number of aromatic hydroxyl groups is 2. The number of hydrogen-bond donors (Lipinski definition) is 2. The molecule has 5 nitrogen and oxygen atoms in total. The molecule has 2 aromatic rings. The molecule has 0 heterocycles. The average molecular weight is 329 g/mol. The fraction of sp³-hybridized carbons (Fsp3) is 0.316. The Morgan fingerprint density at radius 2 is 1.75 bits per heavy atom. The summed E-state index contributed by atoms with van der Waals surface area (Å²) in [5.74, 6) is -0.929. The quantitative estimate of drug-likeness (QED) is 0.603. The molecule has 5 heteroatoms. The molecular weight excluding hydrogens is 306 g/mol. The van der Waals surface area contributed by atoms with Crippen LogP contribution in [-0.2, 0) is 4.74 Å². The van der Waals surface area contributed by atoms with E-state index in [1.54, 1.807) is 12.1 Å². The van der Waals surface area contributed by atoms with Crippen LogP contribution in [0.5, 0.6) is 11.5 Å². The highest BCUT2D eigenvalue weighted by Gasteiger charge is 2.19. The molecular formula is C19H23NO4. The van der Waals surface area contributed by atoms with Crippen LogP contribution in [0.25, 0.3) is 11.1 Å². The first-order valence-corrected chi connectivity index (χ1v) is 8.07. The number of carbonyl (C=O) groups excluding carboxylic acids is 1. The van der Waals surface area contributed by atoms with E-state index < -0.39 is 5.97 Å². The van der Waals surface area contributed by atoms with Crippen molar-refractivity contribution in [1.29, 1.82) is 0 Å². The third-order valence-electron chi connectivity index (χ3n) is 3.93. The standard InChI is InChI=1S/C19H23NO4/c1-3-20(4-2)10-11-24-19(23)17-13-15(21)12-16(18(17)22)14-8-6-5-7-9-14/h5-9,12-13,21-22H,3-4,10-11H2,1-2H3. The van der Waals surface area contributed by atoms with Gasteiger partial charge in [0.15, 0.2) is 0 Å². The zero-order valence-electron chi connectivity index (χ0n) is 14.0. The molecule has 0 radical (unpaired) electrons. The van der Waals surface area contributed by atoms with Crippen LogP contribution in [0.2, 0.25) is 0 Å². The van der Waals surface area contributed by atoms with Crippen molar-refractivity contribution in [3.63, 3.8) is 0 Å². The fourth-order valence-electron chi connectivity index (χ4n) is 2.50. The topological polar surface area (TPSA) is 70.0 Å². The van der Waals surface area contributed by atoms with E-state index in [-0.39, 0.29) is 23.7 Å². The van der Waals surface area contributed by atoms with Crippen LogP contribution in [0, 0.1) is 0 Å². The first kappa shape index (κ1) is 17.8. The van der Waals surface area contributed by atoms with Crippen molar-refractivity contribution in [2.24, 2.45) is 0 Å². The number of likely N-dealkylation sites (N-methyl/N-ethyl adjacent to an activating group) is 1. The second-order valence-corrected chi connectivity index (χ2v) is 5.42. The third kappa shape index (κ3) is 4.26. The number of phenols is 2. The third-order valence-corrected chi connectivity index (χ3v) is 3.93. The molecule has 128 valence electrons. The molecule has 0 aromatic heterocycles. The van der Waals surface area contributed by atoms with E-state index in [9.17, 15) is 15.0 Å². The Balaban J connectivity index is 2.18. The van der Waals surface area contributed by atoms with Crippen molar-refractivity contribution in [3.8, 4) is 22.6 Å². The molecule has 0 spiro atoms. The molecule has 0 unspecified atom stereocenters. The van der Waals surface area contributed by atoms with Gasteiger partial charge in [-0.05, 0) is 30.8 Å². The minimum absolute atomic E-state index is 0.0339. The minimum atomic E-state index is -0.646. The Morgan fingerprint density at radius 3 is 2.38 bits per heavy atom. The van der Waals surface area contributed by atoms with Gasteiger partial charge in [-0.3, -0.25) is 0 Å². The number of nitrogens with zero attached hydrogens (tertiary/aromatic N) is 1. The van der Waals surface area contributed by atoms with Crippen molar-refractivity contribution in [1.82, 2.24) is 4.90 Å². The van der Waals surface area contributed by atoms with Gasteiger partial charge in [0.25, 0.3) is 0 Å². The highest BCUT2D eigenvalue weighted by molar-refractivity contribution is 5.96. The molecule has 0 atom stereocenters. The van der Waals surface area contributed by atoms with E-state index in [4.69, 9.17) is 4.74 Å². The van der Waals surface area contributed by atoms with Gasteiger partial charge in [0.05, 0.1) is 0 Å². The molecule has 0 amide bonds. The first-order chi connectivity index (χ1) is 11.6. The lowest BCUT2D eigenvalue weighted by Gasteiger charge is -2.17. The number of rotatable bonds is 7. The van der Waals surface area contributed by atoms with Crippen molar-refractivity contribution >= 4 is 5.97 Å². The molecule has 2 rings (SSSR count). The van der Waals surface area contributed by atoms with Crippen LogP contribution in [0.1, 0.15) is 24.2 Å². The van der Waals surface area contributed by atoms with Crippen molar-refractivity contribution < 1.29 is 19.7 Å². The Bertz CT molecular complexity index is 681. The van der Waals surface area contributed by atoms with Gasteiger partial charge >= 0.3 is 5.97 Å². The Morgan fingerprint density at radius 1 is 1.08 bits per heavy atom. The molecule has 2 N–H and O–H groups in total. The van der Waals surface area contributed by atoms with Crippen molar-refractivity contribution in [3.05, 3.63) is 48.0 Å². The van der Waals surface area contributed by atoms with Crippen LogP contribution < -0.4 is 0 Å². The van der Waals surface area contributed by atoms with Crippen LogP contribution in [-0.4, -0.2) is 47.3 Å². The molecule has 0 saturated carbocycles. The second kappa shape index (κ2) is 8.36. The van der Waals surface area contributed by atoms with Crippen molar-refractivity contribution in [2.75, 3.05) is 26.2 Å². The lowest BCUT2D eigenvalue weighted by atomic mass is 10.0. The molecule has 0 aliphatic heterocycles. The van der Waals surface area contributed by atoms with Crippen LogP contribution in [0.4, 0.5) is 0 Å². The van der Waals surface area contributed by atoms with Crippen LogP contribution >= 0.6 is 0 Å². The normalized spacial score (nSPS) is 10.8. The van der Waals surface area contributed by atoms with Gasteiger partial charge < -0.3 is 19.8 Å². The van der Waals surface area contributed by atoms with E-state index in [0.29, 0.717) is 17.7 Å². The minimum Gasteiger partial charge on any atom is -0.508 e. The Kier molecular flexibility index (Phi) is 6.21. The molecule has 24 heavy (non-hydrogen) atoms. The molecule has 0 bridgehead atoms. The van der Waals surface area contributed by atoms with Crippen LogP contribution in [0.3, 0.4) is 0 Å². The molecule has 2 aromatic carbocycles. The molecule has 0 aliphatic rings. The summed E-state index contributed by atoms with van der Waals surface area (Å²) in [6, 6.07) is 11.7. The maximum atomic E-state index is 12.2. The molecule has 0 saturated heterocycles. The summed E-state index contributed by atoms with van der Waals surface area (Å²) in [7, 11) is 0. The second-order valence-electron chi connectivity index (χ2n) is 5.42. The van der Waals surface area contributed by atoms with E-state index >= 15 is 0 Å². The molecule has 0 aliphatic carbocycles. The van der Waals surface area contributed by atoms with Gasteiger partial charge in [0, 0.05) is 12.1 Å².